The molecule has 0 spiro atoms. The van der Waals surface area contributed by atoms with Gasteiger partial charge >= 0.3 is 0 Å². The van der Waals surface area contributed by atoms with Gasteiger partial charge in [-0.2, -0.15) is 0 Å². The average Bonchev–Trinajstić information content (AvgIpc) is 2.39. The lowest BCUT2D eigenvalue weighted by molar-refractivity contribution is -0.00565. The minimum Gasteiger partial charge on any atom is -0.396 e. The standard InChI is InChI=1S/C14H29NO2/c1-4-14(5-2,12-16)11-15-9-7-13(8-10-15)17-6-3/h13,16H,4-12H2,1-3H3. The Kier molecular flexibility index (Phi) is 6.45. The van der Waals surface area contributed by atoms with Crippen molar-refractivity contribution < 1.29 is 9.84 Å². The van der Waals surface area contributed by atoms with Crippen molar-refractivity contribution in [2.75, 3.05) is 32.8 Å². The van der Waals surface area contributed by atoms with Crippen molar-refractivity contribution in [1.29, 1.82) is 0 Å². The molecule has 1 heterocycles. The summed E-state index contributed by atoms with van der Waals surface area (Å²) in [6.45, 7) is 10.9. The van der Waals surface area contributed by atoms with Gasteiger partial charge in [0.2, 0.25) is 0 Å². The molecule has 0 radical (unpaired) electrons. The highest BCUT2D eigenvalue weighted by Gasteiger charge is 2.30. The molecule has 0 aromatic heterocycles. The van der Waals surface area contributed by atoms with Gasteiger partial charge in [0.1, 0.15) is 0 Å². The fourth-order valence-corrected chi connectivity index (χ4v) is 2.69. The van der Waals surface area contributed by atoms with Gasteiger partial charge < -0.3 is 14.7 Å². The number of ether oxygens (including phenoxy) is 1. The summed E-state index contributed by atoms with van der Waals surface area (Å²) in [5, 5.41) is 9.59. The monoisotopic (exact) mass is 243 g/mol. The van der Waals surface area contributed by atoms with E-state index in [1.807, 2.05) is 0 Å². The number of aliphatic hydroxyl groups excluding tert-OH is 1. The molecule has 0 unspecified atom stereocenters. The van der Waals surface area contributed by atoms with Crippen LogP contribution in [0.4, 0.5) is 0 Å². The van der Waals surface area contributed by atoms with Gasteiger partial charge in [0.15, 0.2) is 0 Å². The molecule has 1 aliphatic heterocycles. The number of aliphatic hydroxyl groups is 1. The Hall–Kier alpha value is -0.120. The Labute approximate surface area is 106 Å². The Morgan fingerprint density at radius 3 is 2.18 bits per heavy atom. The van der Waals surface area contributed by atoms with E-state index in [-0.39, 0.29) is 5.41 Å². The maximum absolute atomic E-state index is 9.59. The van der Waals surface area contributed by atoms with Gasteiger partial charge in [-0.1, -0.05) is 13.8 Å². The Morgan fingerprint density at radius 2 is 1.76 bits per heavy atom. The zero-order valence-electron chi connectivity index (χ0n) is 11.7. The highest BCUT2D eigenvalue weighted by molar-refractivity contribution is 4.82. The van der Waals surface area contributed by atoms with Crippen molar-refractivity contribution in [3.8, 4) is 0 Å². The number of nitrogens with zero attached hydrogens (tertiary/aromatic N) is 1. The number of hydrogen-bond acceptors (Lipinski definition) is 3. The molecule has 1 fully saturated rings. The van der Waals surface area contributed by atoms with Crippen molar-refractivity contribution in [2.24, 2.45) is 5.41 Å². The van der Waals surface area contributed by atoms with Crippen molar-refractivity contribution in [3.63, 3.8) is 0 Å². The van der Waals surface area contributed by atoms with Crippen molar-refractivity contribution in [3.05, 3.63) is 0 Å². The molecule has 1 saturated heterocycles. The van der Waals surface area contributed by atoms with Gasteiger partial charge in [0, 0.05) is 38.3 Å². The topological polar surface area (TPSA) is 32.7 Å². The summed E-state index contributed by atoms with van der Waals surface area (Å²) in [7, 11) is 0. The van der Waals surface area contributed by atoms with E-state index in [9.17, 15) is 5.11 Å². The Balaban J connectivity index is 2.38. The van der Waals surface area contributed by atoms with Crippen molar-refractivity contribution >= 4 is 0 Å². The maximum Gasteiger partial charge on any atom is 0.0599 e. The molecule has 1 aliphatic rings. The molecule has 0 aromatic rings. The first-order chi connectivity index (χ1) is 8.19. The average molecular weight is 243 g/mol. The molecule has 0 atom stereocenters. The summed E-state index contributed by atoms with van der Waals surface area (Å²) in [5.41, 5.74) is 0.110. The van der Waals surface area contributed by atoms with E-state index in [1.165, 1.54) is 0 Å². The molecule has 102 valence electrons. The van der Waals surface area contributed by atoms with E-state index >= 15 is 0 Å². The zero-order valence-corrected chi connectivity index (χ0v) is 11.7. The maximum atomic E-state index is 9.59. The van der Waals surface area contributed by atoms with E-state index < -0.39 is 0 Å². The minimum absolute atomic E-state index is 0.110. The van der Waals surface area contributed by atoms with E-state index in [2.05, 4.69) is 25.7 Å². The third-order valence-electron chi connectivity index (χ3n) is 4.33. The Morgan fingerprint density at radius 1 is 1.18 bits per heavy atom. The third-order valence-corrected chi connectivity index (χ3v) is 4.33. The number of likely N-dealkylation sites (tertiary alicyclic amines) is 1. The summed E-state index contributed by atoms with van der Waals surface area (Å²) in [5.74, 6) is 0. The van der Waals surface area contributed by atoms with E-state index in [4.69, 9.17) is 4.74 Å². The van der Waals surface area contributed by atoms with Crippen LogP contribution in [0.1, 0.15) is 46.5 Å². The van der Waals surface area contributed by atoms with Crippen LogP contribution in [0.3, 0.4) is 0 Å². The van der Waals surface area contributed by atoms with Gasteiger partial charge in [-0.15, -0.1) is 0 Å². The molecule has 1 rings (SSSR count). The van der Waals surface area contributed by atoms with Gasteiger partial charge in [-0.3, -0.25) is 0 Å². The SMILES string of the molecule is CCOC1CCN(CC(CC)(CC)CO)CC1. The number of hydrogen-bond donors (Lipinski definition) is 1. The quantitative estimate of drug-likeness (QED) is 0.744. The predicted molar refractivity (Wildman–Crippen MR) is 71.2 cm³/mol. The van der Waals surface area contributed by atoms with Gasteiger partial charge in [-0.05, 0) is 32.6 Å². The molecular formula is C14H29NO2. The third kappa shape index (κ3) is 4.23. The van der Waals surface area contributed by atoms with Crippen molar-refractivity contribution in [2.45, 2.75) is 52.6 Å². The highest BCUT2D eigenvalue weighted by Crippen LogP contribution is 2.28. The summed E-state index contributed by atoms with van der Waals surface area (Å²) in [6, 6.07) is 0. The second-order valence-corrected chi connectivity index (χ2v) is 5.30. The molecule has 0 saturated carbocycles. The van der Waals surface area contributed by atoms with Gasteiger partial charge in [-0.25, -0.2) is 0 Å². The molecule has 0 aromatic carbocycles. The van der Waals surface area contributed by atoms with Crippen LogP contribution in [0.2, 0.25) is 0 Å². The van der Waals surface area contributed by atoms with Crippen LogP contribution in [-0.2, 0) is 4.74 Å². The first kappa shape index (κ1) is 14.9. The summed E-state index contributed by atoms with van der Waals surface area (Å²) >= 11 is 0. The largest absolute Gasteiger partial charge is 0.396 e. The van der Waals surface area contributed by atoms with Crippen LogP contribution in [0.15, 0.2) is 0 Å². The fraction of sp³-hybridized carbons (Fsp3) is 1.00. The van der Waals surface area contributed by atoms with Crippen LogP contribution in [0.5, 0.6) is 0 Å². The van der Waals surface area contributed by atoms with Crippen LogP contribution < -0.4 is 0 Å². The van der Waals surface area contributed by atoms with Crippen LogP contribution >= 0.6 is 0 Å². The summed E-state index contributed by atoms with van der Waals surface area (Å²) < 4.78 is 5.66. The van der Waals surface area contributed by atoms with Gasteiger partial charge in [0.25, 0.3) is 0 Å². The van der Waals surface area contributed by atoms with E-state index in [0.717, 1.165) is 51.9 Å². The summed E-state index contributed by atoms with van der Waals surface area (Å²) in [6.07, 6.45) is 4.87. The van der Waals surface area contributed by atoms with Crippen LogP contribution in [-0.4, -0.2) is 49.0 Å². The lowest BCUT2D eigenvalue weighted by atomic mass is 9.82. The van der Waals surface area contributed by atoms with Gasteiger partial charge in [0.05, 0.1) is 6.10 Å². The molecule has 0 amide bonds. The Bertz CT molecular complexity index is 188. The molecule has 0 bridgehead atoms. The van der Waals surface area contributed by atoms with Crippen LogP contribution in [0.25, 0.3) is 0 Å². The number of rotatable bonds is 7. The smallest absolute Gasteiger partial charge is 0.0599 e. The number of piperidine rings is 1. The lowest BCUT2D eigenvalue weighted by Gasteiger charge is -2.39. The first-order valence-corrected chi connectivity index (χ1v) is 7.14. The van der Waals surface area contributed by atoms with Crippen molar-refractivity contribution in [1.82, 2.24) is 4.90 Å². The predicted octanol–water partition coefficient (Wildman–Crippen LogP) is 2.29. The lowest BCUT2D eigenvalue weighted by Crippen LogP contribution is -2.44. The molecule has 3 nitrogen and oxygen atoms in total. The second-order valence-electron chi connectivity index (χ2n) is 5.30. The minimum atomic E-state index is 0.110. The van der Waals surface area contributed by atoms with Crippen LogP contribution in [0, 0.1) is 5.41 Å². The molecule has 3 heteroatoms. The highest BCUT2D eigenvalue weighted by atomic mass is 16.5. The first-order valence-electron chi connectivity index (χ1n) is 7.14. The normalized spacial score (nSPS) is 19.8. The van der Waals surface area contributed by atoms with E-state index in [0.29, 0.717) is 12.7 Å². The molecule has 17 heavy (non-hydrogen) atoms. The fourth-order valence-electron chi connectivity index (χ4n) is 2.69. The zero-order chi connectivity index (χ0) is 12.7. The molecule has 1 N–H and O–H groups in total. The second kappa shape index (κ2) is 7.34. The molecule has 0 aliphatic carbocycles. The van der Waals surface area contributed by atoms with E-state index in [1.54, 1.807) is 0 Å². The summed E-state index contributed by atoms with van der Waals surface area (Å²) in [4.78, 5) is 2.50. The molecular weight excluding hydrogens is 214 g/mol.